The molecule has 0 aliphatic rings. The third-order valence-electron chi connectivity index (χ3n) is 3.45. The molecule has 0 saturated carbocycles. The molecule has 0 saturated heterocycles. The van der Waals surface area contributed by atoms with Crippen LogP contribution in [0.2, 0.25) is 0 Å². The number of esters is 1. The Kier molecular flexibility index (Phi) is 8.24. The van der Waals surface area contributed by atoms with E-state index in [1.807, 2.05) is 0 Å². The number of unbranched alkanes of at least 4 members (excludes halogenated alkanes) is 3. The third-order valence-corrected chi connectivity index (χ3v) is 3.88. The van der Waals surface area contributed by atoms with Crippen molar-refractivity contribution in [3.63, 3.8) is 0 Å². The lowest BCUT2D eigenvalue weighted by atomic mass is 10.1. The summed E-state index contributed by atoms with van der Waals surface area (Å²) in [5.74, 6) is -0.595. The molecule has 1 aromatic rings. The summed E-state index contributed by atoms with van der Waals surface area (Å²) in [5.41, 5.74) is 0. The second-order valence-electron chi connectivity index (χ2n) is 5.34. The lowest BCUT2D eigenvalue weighted by Crippen LogP contribution is -2.37. The van der Waals surface area contributed by atoms with Gasteiger partial charge >= 0.3 is 5.97 Å². The predicted octanol–water partition coefficient (Wildman–Crippen LogP) is 3.87. The standard InChI is InChI=1S/C16H24BrNO4/c1-4-5-6-7-10-18(11-12(2)16(20)21-3)15(19)13-8-9-14(17)22-13/h8-9,12H,4-7,10-11H2,1-3H3. The van der Waals surface area contributed by atoms with Crippen molar-refractivity contribution < 1.29 is 18.7 Å². The van der Waals surface area contributed by atoms with Crippen LogP contribution in [0.1, 0.15) is 50.1 Å². The SMILES string of the molecule is CCCCCCN(CC(C)C(=O)OC)C(=O)c1ccc(Br)o1. The number of amides is 1. The second-order valence-corrected chi connectivity index (χ2v) is 6.12. The second kappa shape index (κ2) is 9.66. The lowest BCUT2D eigenvalue weighted by Gasteiger charge is -2.24. The summed E-state index contributed by atoms with van der Waals surface area (Å²) in [6, 6.07) is 3.32. The van der Waals surface area contributed by atoms with E-state index in [4.69, 9.17) is 9.15 Å². The summed E-state index contributed by atoms with van der Waals surface area (Å²) in [6.07, 6.45) is 4.25. The highest BCUT2D eigenvalue weighted by atomic mass is 79.9. The van der Waals surface area contributed by atoms with Gasteiger partial charge in [-0.25, -0.2) is 0 Å². The molecule has 22 heavy (non-hydrogen) atoms. The van der Waals surface area contributed by atoms with Crippen molar-refractivity contribution in [2.24, 2.45) is 5.92 Å². The Bertz CT molecular complexity index is 486. The van der Waals surface area contributed by atoms with E-state index in [-0.39, 0.29) is 23.6 Å². The van der Waals surface area contributed by atoms with Crippen molar-refractivity contribution in [3.05, 3.63) is 22.6 Å². The fraction of sp³-hybridized carbons (Fsp3) is 0.625. The van der Waals surface area contributed by atoms with Gasteiger partial charge in [0.2, 0.25) is 0 Å². The number of hydrogen-bond donors (Lipinski definition) is 0. The van der Waals surface area contributed by atoms with Crippen LogP contribution >= 0.6 is 15.9 Å². The van der Waals surface area contributed by atoms with Gasteiger partial charge in [0.25, 0.3) is 5.91 Å². The Morgan fingerprint density at radius 2 is 2.05 bits per heavy atom. The zero-order chi connectivity index (χ0) is 16.5. The van der Waals surface area contributed by atoms with Crippen molar-refractivity contribution in [1.82, 2.24) is 4.90 Å². The molecule has 0 aliphatic carbocycles. The summed E-state index contributed by atoms with van der Waals surface area (Å²) in [4.78, 5) is 25.8. The summed E-state index contributed by atoms with van der Waals surface area (Å²) in [5, 5.41) is 0. The van der Waals surface area contributed by atoms with E-state index < -0.39 is 0 Å². The molecule has 6 heteroatoms. The zero-order valence-electron chi connectivity index (χ0n) is 13.4. The fourth-order valence-corrected chi connectivity index (χ4v) is 2.50. The van der Waals surface area contributed by atoms with Crippen molar-refractivity contribution in [1.29, 1.82) is 0 Å². The number of halogens is 1. The molecule has 0 spiro atoms. The monoisotopic (exact) mass is 373 g/mol. The number of carbonyl (C=O) groups excluding carboxylic acids is 2. The average Bonchev–Trinajstić information content (AvgIpc) is 2.95. The van der Waals surface area contributed by atoms with Crippen LogP contribution in [-0.4, -0.2) is 37.0 Å². The van der Waals surface area contributed by atoms with Crippen LogP contribution in [0.25, 0.3) is 0 Å². The van der Waals surface area contributed by atoms with E-state index in [1.54, 1.807) is 24.0 Å². The molecule has 0 aliphatic heterocycles. The van der Waals surface area contributed by atoms with E-state index in [9.17, 15) is 9.59 Å². The van der Waals surface area contributed by atoms with E-state index in [0.717, 1.165) is 25.7 Å². The molecule has 1 unspecified atom stereocenters. The molecule has 0 fully saturated rings. The molecule has 0 radical (unpaired) electrons. The summed E-state index contributed by atoms with van der Waals surface area (Å²) >= 11 is 3.20. The largest absolute Gasteiger partial charge is 0.469 e. The van der Waals surface area contributed by atoms with Gasteiger partial charge in [0.1, 0.15) is 0 Å². The molecule has 1 aromatic heterocycles. The van der Waals surface area contributed by atoms with Gasteiger partial charge < -0.3 is 14.1 Å². The number of ether oxygens (including phenoxy) is 1. The first-order chi connectivity index (χ1) is 10.5. The molecule has 1 atom stereocenters. The molecule has 1 heterocycles. The van der Waals surface area contributed by atoms with Gasteiger partial charge in [-0.2, -0.15) is 0 Å². The molecule has 5 nitrogen and oxygen atoms in total. The summed E-state index contributed by atoms with van der Waals surface area (Å²) < 4.78 is 10.6. The highest BCUT2D eigenvalue weighted by Crippen LogP contribution is 2.17. The lowest BCUT2D eigenvalue weighted by molar-refractivity contribution is -0.145. The molecule has 124 valence electrons. The smallest absolute Gasteiger partial charge is 0.310 e. The van der Waals surface area contributed by atoms with Gasteiger partial charge in [0.05, 0.1) is 13.0 Å². The van der Waals surface area contributed by atoms with E-state index >= 15 is 0 Å². The minimum Gasteiger partial charge on any atom is -0.469 e. The van der Waals surface area contributed by atoms with E-state index in [1.165, 1.54) is 7.11 Å². The van der Waals surface area contributed by atoms with Gasteiger partial charge in [0, 0.05) is 13.1 Å². The minimum atomic E-state index is -0.362. The van der Waals surface area contributed by atoms with Crippen LogP contribution < -0.4 is 0 Å². The quantitative estimate of drug-likeness (QED) is 0.486. The molecule has 1 amide bonds. The van der Waals surface area contributed by atoms with Gasteiger partial charge in [-0.15, -0.1) is 0 Å². The molecular weight excluding hydrogens is 350 g/mol. The average molecular weight is 374 g/mol. The van der Waals surface area contributed by atoms with Gasteiger partial charge in [-0.05, 0) is 34.5 Å². The van der Waals surface area contributed by atoms with Crippen LogP contribution in [0.15, 0.2) is 21.2 Å². The molecule has 0 bridgehead atoms. The van der Waals surface area contributed by atoms with Crippen LogP contribution in [0, 0.1) is 5.92 Å². The molecule has 0 aromatic carbocycles. The van der Waals surface area contributed by atoms with E-state index in [2.05, 4.69) is 22.9 Å². The maximum atomic E-state index is 12.5. The predicted molar refractivity (Wildman–Crippen MR) is 87.6 cm³/mol. The summed E-state index contributed by atoms with van der Waals surface area (Å²) in [6.45, 7) is 4.84. The Labute approximate surface area is 140 Å². The van der Waals surface area contributed by atoms with Crippen molar-refractivity contribution in [2.75, 3.05) is 20.2 Å². The molecular formula is C16H24BrNO4. The van der Waals surface area contributed by atoms with Crippen molar-refractivity contribution in [3.8, 4) is 0 Å². The van der Waals surface area contributed by atoms with Crippen LogP contribution in [-0.2, 0) is 9.53 Å². The molecule has 1 rings (SSSR count). The first-order valence-electron chi connectivity index (χ1n) is 7.62. The number of nitrogens with zero attached hydrogens (tertiary/aromatic N) is 1. The van der Waals surface area contributed by atoms with Gasteiger partial charge in [-0.3, -0.25) is 9.59 Å². The normalized spacial score (nSPS) is 12.0. The number of carbonyl (C=O) groups is 2. The number of hydrogen-bond acceptors (Lipinski definition) is 4. The van der Waals surface area contributed by atoms with Gasteiger partial charge in [-0.1, -0.05) is 33.1 Å². The number of methoxy groups -OCH3 is 1. The number of rotatable bonds is 9. The van der Waals surface area contributed by atoms with Crippen molar-refractivity contribution in [2.45, 2.75) is 39.5 Å². The van der Waals surface area contributed by atoms with Gasteiger partial charge in [0.15, 0.2) is 10.4 Å². The van der Waals surface area contributed by atoms with Crippen LogP contribution in [0.3, 0.4) is 0 Å². The molecule has 0 N–H and O–H groups in total. The topological polar surface area (TPSA) is 59.8 Å². The fourth-order valence-electron chi connectivity index (χ4n) is 2.20. The first-order valence-corrected chi connectivity index (χ1v) is 8.41. The Morgan fingerprint density at radius 3 is 2.59 bits per heavy atom. The van der Waals surface area contributed by atoms with Crippen LogP contribution in [0.5, 0.6) is 0 Å². The first kappa shape index (κ1) is 18.7. The minimum absolute atomic E-state index is 0.196. The Morgan fingerprint density at radius 1 is 1.32 bits per heavy atom. The third kappa shape index (κ3) is 5.83. The Balaban J connectivity index is 2.72. The van der Waals surface area contributed by atoms with Crippen LogP contribution in [0.4, 0.5) is 0 Å². The maximum Gasteiger partial charge on any atom is 0.310 e. The Hall–Kier alpha value is -1.30. The highest BCUT2D eigenvalue weighted by Gasteiger charge is 2.24. The number of furan rings is 1. The summed E-state index contributed by atoms with van der Waals surface area (Å²) in [7, 11) is 1.36. The highest BCUT2D eigenvalue weighted by molar-refractivity contribution is 9.10. The zero-order valence-corrected chi connectivity index (χ0v) is 15.0. The maximum absolute atomic E-state index is 12.5. The van der Waals surface area contributed by atoms with Crippen molar-refractivity contribution >= 4 is 27.8 Å². The van der Waals surface area contributed by atoms with E-state index in [0.29, 0.717) is 17.8 Å².